The van der Waals surface area contributed by atoms with Crippen molar-refractivity contribution in [3.8, 4) is 5.75 Å². The molecule has 6 N–H and O–H groups in total. The quantitative estimate of drug-likeness (QED) is 0.407. The van der Waals surface area contributed by atoms with E-state index in [0.717, 1.165) is 0 Å². The molecule has 1 aliphatic rings. The minimum absolute atomic E-state index is 0. The predicted molar refractivity (Wildman–Crippen MR) is 101 cm³/mol. The summed E-state index contributed by atoms with van der Waals surface area (Å²) in [6, 6.07) is 8.27. The molecule has 28 heavy (non-hydrogen) atoms. The largest absolute Gasteiger partial charge is 0.527 e. The minimum atomic E-state index is -4.26. The van der Waals surface area contributed by atoms with Crippen molar-refractivity contribution in [2.24, 2.45) is 0 Å². The summed E-state index contributed by atoms with van der Waals surface area (Å²) >= 11 is 0. The van der Waals surface area contributed by atoms with E-state index in [1.54, 1.807) is 53.4 Å². The molecule has 0 aliphatic carbocycles. The number of aromatic nitrogens is 4. The van der Waals surface area contributed by atoms with E-state index in [-0.39, 0.29) is 24.3 Å². The zero-order valence-electron chi connectivity index (χ0n) is 14.7. The highest BCUT2D eigenvalue weighted by molar-refractivity contribution is 7.47. The SMILES string of the molecule is N.Nc1ncnc2c1ncn2C1C=CC(COP(=O)(O)Oc2ccccc2)O1. The zero-order valence-corrected chi connectivity index (χ0v) is 15.6. The number of phosphoric acid groups is 1. The van der Waals surface area contributed by atoms with Gasteiger partial charge in [-0.2, -0.15) is 0 Å². The third-order valence-electron chi connectivity index (χ3n) is 3.83. The predicted octanol–water partition coefficient (Wildman–Crippen LogP) is 2.22. The lowest BCUT2D eigenvalue weighted by molar-refractivity contribution is -0.00605. The van der Waals surface area contributed by atoms with Crippen molar-refractivity contribution in [2.45, 2.75) is 12.3 Å². The van der Waals surface area contributed by atoms with Crippen LogP contribution >= 0.6 is 7.82 Å². The van der Waals surface area contributed by atoms with E-state index in [9.17, 15) is 9.46 Å². The topological polar surface area (TPSA) is 170 Å². The van der Waals surface area contributed by atoms with E-state index < -0.39 is 20.2 Å². The summed E-state index contributed by atoms with van der Waals surface area (Å²) in [4.78, 5) is 22.1. The number of benzene rings is 1. The van der Waals surface area contributed by atoms with Crippen LogP contribution in [0, 0.1) is 0 Å². The normalized spacial score (nSPS) is 20.6. The van der Waals surface area contributed by atoms with Crippen LogP contribution in [0.4, 0.5) is 5.82 Å². The van der Waals surface area contributed by atoms with Crippen LogP contribution in [-0.4, -0.2) is 37.1 Å². The number of nitrogens with two attached hydrogens (primary N) is 1. The number of hydrogen-bond donors (Lipinski definition) is 3. The summed E-state index contributed by atoms with van der Waals surface area (Å²) in [5, 5.41) is 0. The van der Waals surface area contributed by atoms with Gasteiger partial charge in [0.15, 0.2) is 17.7 Å². The Bertz CT molecular complexity index is 1030. The lowest BCUT2D eigenvalue weighted by Crippen LogP contribution is -2.17. The molecule has 0 radical (unpaired) electrons. The van der Waals surface area contributed by atoms with Gasteiger partial charge in [0.2, 0.25) is 0 Å². The first-order valence-corrected chi connectivity index (χ1v) is 9.50. The average Bonchev–Trinajstić information content (AvgIpc) is 3.28. The Morgan fingerprint density at radius 3 is 2.79 bits per heavy atom. The van der Waals surface area contributed by atoms with E-state index >= 15 is 0 Å². The number of fused-ring (bicyclic) bond motifs is 1. The fourth-order valence-corrected chi connectivity index (χ4v) is 3.38. The lowest BCUT2D eigenvalue weighted by Gasteiger charge is -2.17. The van der Waals surface area contributed by atoms with Crippen molar-refractivity contribution < 1.29 is 23.2 Å². The second kappa shape index (κ2) is 8.05. The molecule has 2 aromatic heterocycles. The molecule has 0 saturated carbocycles. The van der Waals surface area contributed by atoms with Crippen LogP contribution in [0.3, 0.4) is 0 Å². The zero-order chi connectivity index (χ0) is 18.9. The Kier molecular flexibility index (Phi) is 5.73. The van der Waals surface area contributed by atoms with Gasteiger partial charge in [-0.3, -0.25) is 14.0 Å². The Morgan fingerprint density at radius 1 is 1.21 bits per heavy atom. The van der Waals surface area contributed by atoms with Gasteiger partial charge in [0, 0.05) is 0 Å². The van der Waals surface area contributed by atoms with Crippen LogP contribution in [0.25, 0.3) is 11.2 Å². The highest BCUT2D eigenvalue weighted by atomic mass is 31.2. The molecule has 1 aliphatic heterocycles. The number of ether oxygens (including phenoxy) is 1. The second-order valence-corrected chi connectivity index (χ2v) is 7.08. The first-order valence-electron chi connectivity index (χ1n) is 8.00. The molecule has 4 rings (SSSR count). The van der Waals surface area contributed by atoms with E-state index in [4.69, 9.17) is 19.5 Å². The average molecular weight is 406 g/mol. The molecule has 148 valence electrons. The molecule has 0 fully saturated rings. The highest BCUT2D eigenvalue weighted by Crippen LogP contribution is 2.44. The summed E-state index contributed by atoms with van der Waals surface area (Å²) in [5.41, 5.74) is 6.78. The number of hydrogen-bond acceptors (Lipinski definition) is 9. The Morgan fingerprint density at radius 2 is 2.00 bits per heavy atom. The molecule has 12 heteroatoms. The van der Waals surface area contributed by atoms with Crippen molar-refractivity contribution in [2.75, 3.05) is 12.3 Å². The fraction of sp³-hybridized carbons (Fsp3) is 0.188. The summed E-state index contributed by atoms with van der Waals surface area (Å²) in [7, 11) is -4.26. The number of rotatable bonds is 6. The van der Waals surface area contributed by atoms with E-state index in [1.807, 2.05) is 0 Å². The summed E-state index contributed by atoms with van der Waals surface area (Å²) in [5.74, 6) is 0.520. The molecule has 3 aromatic rings. The monoisotopic (exact) mass is 406 g/mol. The van der Waals surface area contributed by atoms with Crippen molar-refractivity contribution >= 4 is 24.8 Å². The summed E-state index contributed by atoms with van der Waals surface area (Å²) < 4.78 is 29.6. The van der Waals surface area contributed by atoms with Gasteiger partial charge in [0.05, 0.1) is 12.9 Å². The van der Waals surface area contributed by atoms with E-state index in [2.05, 4.69) is 15.0 Å². The highest BCUT2D eigenvalue weighted by Gasteiger charge is 2.28. The van der Waals surface area contributed by atoms with Crippen molar-refractivity contribution in [3.05, 3.63) is 55.1 Å². The summed E-state index contributed by atoms with van der Waals surface area (Å²) in [6.45, 7) is -0.155. The molecule has 0 spiro atoms. The van der Waals surface area contributed by atoms with Gasteiger partial charge >= 0.3 is 7.82 Å². The number of anilines is 1. The first kappa shape index (κ1) is 19.9. The van der Waals surface area contributed by atoms with Gasteiger partial charge in [-0.1, -0.05) is 24.3 Å². The Balaban J connectivity index is 0.00000225. The van der Waals surface area contributed by atoms with Crippen LogP contribution < -0.4 is 16.4 Å². The van der Waals surface area contributed by atoms with Gasteiger partial charge < -0.3 is 21.1 Å². The van der Waals surface area contributed by atoms with Gasteiger partial charge in [-0.25, -0.2) is 19.5 Å². The molecule has 0 bridgehead atoms. The molecular weight excluding hydrogens is 387 g/mol. The summed E-state index contributed by atoms with van der Waals surface area (Å²) in [6.07, 6.45) is 5.36. The number of phosphoric ester groups is 1. The molecule has 3 heterocycles. The van der Waals surface area contributed by atoms with Crippen molar-refractivity contribution in [3.63, 3.8) is 0 Å². The van der Waals surface area contributed by atoms with Crippen molar-refractivity contribution in [1.82, 2.24) is 25.7 Å². The van der Waals surface area contributed by atoms with Crippen LogP contribution in [0.15, 0.2) is 55.1 Å². The fourth-order valence-electron chi connectivity index (χ4n) is 2.61. The number of para-hydroxylation sites is 1. The third kappa shape index (κ3) is 4.19. The molecular formula is C16H19N6O5P. The standard InChI is InChI=1S/C16H16N5O5P.H3N/c17-15-14-16(19-9-18-15)21(10-20-14)13-7-6-12(25-13)8-24-27(22,23)26-11-4-2-1-3-5-11;/h1-7,9-10,12-13H,8H2,(H,22,23)(H2,17,18,19);1H3. The van der Waals surface area contributed by atoms with Gasteiger partial charge in [0.25, 0.3) is 0 Å². The molecule has 3 atom stereocenters. The van der Waals surface area contributed by atoms with Crippen molar-refractivity contribution in [1.29, 1.82) is 0 Å². The molecule has 11 nitrogen and oxygen atoms in total. The second-order valence-electron chi connectivity index (χ2n) is 5.70. The van der Waals surface area contributed by atoms with Crippen LogP contribution in [0.1, 0.15) is 6.23 Å². The Hall–Kier alpha value is -2.82. The molecule has 1 aromatic carbocycles. The third-order valence-corrected chi connectivity index (χ3v) is 4.75. The van der Waals surface area contributed by atoms with E-state index in [0.29, 0.717) is 11.2 Å². The van der Waals surface area contributed by atoms with Gasteiger partial charge in [-0.15, -0.1) is 0 Å². The number of nitrogen functional groups attached to an aromatic ring is 1. The number of nitrogens with zero attached hydrogens (tertiary/aromatic N) is 4. The van der Waals surface area contributed by atoms with Crippen LogP contribution in [-0.2, 0) is 13.8 Å². The maximum Gasteiger partial charge on any atom is 0.527 e. The lowest BCUT2D eigenvalue weighted by atomic mass is 10.3. The van der Waals surface area contributed by atoms with Crippen LogP contribution in [0.2, 0.25) is 0 Å². The first-order chi connectivity index (χ1) is 13.0. The maximum atomic E-state index is 12.0. The molecule has 0 amide bonds. The maximum absolute atomic E-state index is 12.0. The minimum Gasteiger partial charge on any atom is -0.404 e. The van der Waals surface area contributed by atoms with Gasteiger partial charge in [-0.05, 0) is 18.2 Å². The molecule has 3 unspecified atom stereocenters. The van der Waals surface area contributed by atoms with E-state index in [1.165, 1.54) is 6.33 Å². The molecule has 0 saturated heterocycles. The van der Waals surface area contributed by atoms with Crippen LogP contribution in [0.5, 0.6) is 5.75 Å². The smallest absolute Gasteiger partial charge is 0.404 e. The Labute approximate surface area is 160 Å². The number of imidazole rings is 1. The van der Waals surface area contributed by atoms with Gasteiger partial charge in [0.1, 0.15) is 23.7 Å².